The first-order valence-electron chi connectivity index (χ1n) is 10.4. The number of unbranched alkanes of at least 4 members (excludes halogenated alkanes) is 9. The van der Waals surface area contributed by atoms with Crippen LogP contribution in [0, 0.1) is 5.92 Å². The normalized spacial score (nSPS) is 12.3. The lowest BCUT2D eigenvalue weighted by atomic mass is 9.95. The van der Waals surface area contributed by atoms with E-state index in [4.69, 9.17) is 4.74 Å². The lowest BCUT2D eigenvalue weighted by Crippen LogP contribution is -2.14. The Kier molecular flexibility index (Phi) is 17.4. The predicted molar refractivity (Wildman–Crippen MR) is 101 cm³/mol. The fourth-order valence-corrected chi connectivity index (χ4v) is 3.05. The van der Waals surface area contributed by atoms with E-state index in [1.165, 1.54) is 83.5 Å². The van der Waals surface area contributed by atoms with Crippen LogP contribution in [0.4, 0.5) is 0 Å². The maximum absolute atomic E-state index is 11.6. The van der Waals surface area contributed by atoms with E-state index in [1.807, 2.05) is 6.92 Å². The largest absolute Gasteiger partial charge is 0.465 e. The van der Waals surface area contributed by atoms with Crippen molar-refractivity contribution in [2.75, 3.05) is 6.61 Å². The molecule has 1 atom stereocenters. The number of carbonyl (C=O) groups excluding carboxylic acids is 1. The molecule has 0 heterocycles. The first-order valence-corrected chi connectivity index (χ1v) is 10.4. The van der Waals surface area contributed by atoms with Gasteiger partial charge in [-0.05, 0) is 25.2 Å². The van der Waals surface area contributed by atoms with Crippen LogP contribution in [0.3, 0.4) is 0 Å². The van der Waals surface area contributed by atoms with Gasteiger partial charge in [0.2, 0.25) is 0 Å². The lowest BCUT2D eigenvalue weighted by Gasteiger charge is -2.17. The summed E-state index contributed by atoms with van der Waals surface area (Å²) >= 11 is 0. The van der Waals surface area contributed by atoms with Gasteiger partial charge in [0.25, 0.3) is 0 Å². The van der Waals surface area contributed by atoms with Crippen LogP contribution in [0.1, 0.15) is 117 Å². The summed E-state index contributed by atoms with van der Waals surface area (Å²) < 4.78 is 5.48. The summed E-state index contributed by atoms with van der Waals surface area (Å²) in [5, 5.41) is 0. The van der Waals surface area contributed by atoms with Crippen LogP contribution in [-0.4, -0.2) is 12.6 Å². The zero-order chi connectivity index (χ0) is 17.2. The monoisotopic (exact) mass is 326 g/mol. The molecule has 2 nitrogen and oxygen atoms in total. The van der Waals surface area contributed by atoms with E-state index in [1.54, 1.807) is 0 Å². The fraction of sp³-hybridized carbons (Fsp3) is 0.952. The zero-order valence-electron chi connectivity index (χ0n) is 16.2. The van der Waals surface area contributed by atoms with Crippen molar-refractivity contribution >= 4 is 5.97 Å². The highest BCUT2D eigenvalue weighted by atomic mass is 16.5. The molecule has 0 aliphatic carbocycles. The molecule has 2 heteroatoms. The molecule has 0 fully saturated rings. The number of esters is 1. The van der Waals surface area contributed by atoms with Crippen LogP contribution in [0.15, 0.2) is 0 Å². The average Bonchev–Trinajstić information content (AvgIpc) is 2.55. The summed E-state index contributed by atoms with van der Waals surface area (Å²) in [7, 11) is 0. The minimum atomic E-state index is -0.00794. The molecule has 0 spiro atoms. The van der Waals surface area contributed by atoms with E-state index in [2.05, 4.69) is 13.8 Å². The molecule has 0 saturated heterocycles. The van der Waals surface area contributed by atoms with Crippen molar-refractivity contribution in [1.82, 2.24) is 0 Å². The van der Waals surface area contributed by atoms with Crippen molar-refractivity contribution in [3.63, 3.8) is 0 Å². The second kappa shape index (κ2) is 17.8. The van der Waals surface area contributed by atoms with Gasteiger partial charge in [0.15, 0.2) is 0 Å². The summed E-state index contributed by atoms with van der Waals surface area (Å²) in [5.74, 6) is 0.579. The molecular formula is C21H42O2. The Labute approximate surface area is 145 Å². The molecule has 138 valence electrons. The van der Waals surface area contributed by atoms with E-state index >= 15 is 0 Å². The SMILES string of the molecule is CCCCCCCCC(CCCCCCC)COC(=O)CCC. The number of hydrogen-bond donors (Lipinski definition) is 0. The molecule has 0 bridgehead atoms. The maximum atomic E-state index is 11.6. The number of rotatable bonds is 17. The van der Waals surface area contributed by atoms with Gasteiger partial charge in [0.05, 0.1) is 6.61 Å². The van der Waals surface area contributed by atoms with E-state index in [9.17, 15) is 4.79 Å². The summed E-state index contributed by atoms with van der Waals surface area (Å²) in [6, 6.07) is 0. The predicted octanol–water partition coefficient (Wildman–Crippen LogP) is 7.06. The van der Waals surface area contributed by atoms with Gasteiger partial charge < -0.3 is 4.74 Å². The zero-order valence-corrected chi connectivity index (χ0v) is 16.2. The van der Waals surface area contributed by atoms with Crippen LogP contribution in [0.5, 0.6) is 0 Å². The summed E-state index contributed by atoms with van der Waals surface area (Å²) in [6.45, 7) is 7.21. The molecule has 0 N–H and O–H groups in total. The van der Waals surface area contributed by atoms with Crippen molar-refractivity contribution in [2.45, 2.75) is 117 Å². The Morgan fingerprint density at radius 1 is 0.696 bits per heavy atom. The van der Waals surface area contributed by atoms with Gasteiger partial charge in [-0.3, -0.25) is 4.79 Å². The van der Waals surface area contributed by atoms with Gasteiger partial charge in [0.1, 0.15) is 0 Å². The van der Waals surface area contributed by atoms with Crippen LogP contribution >= 0.6 is 0 Å². The topological polar surface area (TPSA) is 26.3 Å². The third kappa shape index (κ3) is 16.1. The minimum absolute atomic E-state index is 0.00794. The van der Waals surface area contributed by atoms with Crippen LogP contribution in [0.2, 0.25) is 0 Å². The molecule has 1 unspecified atom stereocenters. The summed E-state index contributed by atoms with van der Waals surface area (Å²) in [5.41, 5.74) is 0. The van der Waals surface area contributed by atoms with Crippen molar-refractivity contribution in [1.29, 1.82) is 0 Å². The average molecular weight is 327 g/mol. The molecular weight excluding hydrogens is 284 g/mol. The Bertz CT molecular complexity index is 250. The highest BCUT2D eigenvalue weighted by Gasteiger charge is 2.11. The molecule has 0 rings (SSSR count). The molecule has 0 radical (unpaired) electrons. The molecule has 0 saturated carbocycles. The van der Waals surface area contributed by atoms with Gasteiger partial charge in [-0.2, -0.15) is 0 Å². The molecule has 0 aromatic heterocycles. The Morgan fingerprint density at radius 2 is 1.17 bits per heavy atom. The molecule has 0 aliphatic heterocycles. The Hall–Kier alpha value is -0.530. The van der Waals surface area contributed by atoms with Crippen molar-refractivity contribution in [3.8, 4) is 0 Å². The van der Waals surface area contributed by atoms with E-state index in [0.29, 0.717) is 18.9 Å². The highest BCUT2D eigenvalue weighted by molar-refractivity contribution is 5.69. The quantitative estimate of drug-likeness (QED) is 0.211. The summed E-state index contributed by atoms with van der Waals surface area (Å²) in [4.78, 5) is 11.6. The van der Waals surface area contributed by atoms with Crippen molar-refractivity contribution in [2.24, 2.45) is 5.92 Å². The first kappa shape index (κ1) is 22.5. The number of ether oxygens (including phenoxy) is 1. The summed E-state index contributed by atoms with van der Waals surface area (Å²) in [6.07, 6.45) is 18.6. The maximum Gasteiger partial charge on any atom is 0.305 e. The van der Waals surface area contributed by atoms with Crippen LogP contribution in [0.25, 0.3) is 0 Å². The molecule has 0 aliphatic rings. The van der Waals surface area contributed by atoms with E-state index < -0.39 is 0 Å². The van der Waals surface area contributed by atoms with Gasteiger partial charge in [-0.15, -0.1) is 0 Å². The van der Waals surface area contributed by atoms with E-state index in [0.717, 1.165) is 6.42 Å². The minimum Gasteiger partial charge on any atom is -0.465 e. The van der Waals surface area contributed by atoms with Gasteiger partial charge in [-0.1, -0.05) is 91.4 Å². The molecule has 0 amide bonds. The molecule has 0 aromatic carbocycles. The van der Waals surface area contributed by atoms with Gasteiger partial charge in [0, 0.05) is 6.42 Å². The van der Waals surface area contributed by atoms with Crippen molar-refractivity contribution in [3.05, 3.63) is 0 Å². The van der Waals surface area contributed by atoms with Crippen LogP contribution < -0.4 is 0 Å². The fourth-order valence-electron chi connectivity index (χ4n) is 3.05. The van der Waals surface area contributed by atoms with Gasteiger partial charge >= 0.3 is 5.97 Å². The number of hydrogen-bond acceptors (Lipinski definition) is 2. The Balaban J connectivity index is 3.88. The van der Waals surface area contributed by atoms with Crippen molar-refractivity contribution < 1.29 is 9.53 Å². The third-order valence-electron chi connectivity index (χ3n) is 4.62. The Morgan fingerprint density at radius 3 is 1.65 bits per heavy atom. The molecule has 23 heavy (non-hydrogen) atoms. The highest BCUT2D eigenvalue weighted by Crippen LogP contribution is 2.19. The second-order valence-corrected chi connectivity index (χ2v) is 7.06. The standard InChI is InChI=1S/C21H42O2/c1-4-7-9-11-13-15-18-20(17-14-12-10-8-5-2)19-23-21(22)16-6-3/h20H,4-19H2,1-3H3. The van der Waals surface area contributed by atoms with E-state index in [-0.39, 0.29) is 5.97 Å². The smallest absolute Gasteiger partial charge is 0.305 e. The third-order valence-corrected chi connectivity index (χ3v) is 4.62. The molecule has 0 aromatic rings. The number of carbonyl (C=O) groups is 1. The first-order chi connectivity index (χ1) is 11.2. The lowest BCUT2D eigenvalue weighted by molar-refractivity contribution is -0.145. The van der Waals surface area contributed by atoms with Gasteiger partial charge in [-0.25, -0.2) is 0 Å². The second-order valence-electron chi connectivity index (χ2n) is 7.06. The van der Waals surface area contributed by atoms with Crippen LogP contribution in [-0.2, 0) is 9.53 Å².